The number of ether oxygens (including phenoxy) is 1. The van der Waals surface area contributed by atoms with E-state index in [1.807, 2.05) is 4.90 Å². The number of likely N-dealkylation sites (tertiary alicyclic amines) is 1. The molecule has 3 rings (SSSR count). The third kappa shape index (κ3) is 1.91. The van der Waals surface area contributed by atoms with Crippen LogP contribution in [0, 0.1) is 6.92 Å². The molecule has 0 radical (unpaired) electrons. The number of nitrogens with one attached hydrogen (secondary N) is 1. The molecule has 4 nitrogen and oxygen atoms in total. The smallest absolute Gasteiger partial charge is 0.414 e. The van der Waals surface area contributed by atoms with Crippen LogP contribution in [0.15, 0.2) is 18.2 Å². The molecule has 3 atom stereocenters. The van der Waals surface area contributed by atoms with Crippen molar-refractivity contribution in [2.75, 3.05) is 32.1 Å². The molecular weight excluding hydrogens is 240 g/mol. The molecule has 2 aliphatic heterocycles. The van der Waals surface area contributed by atoms with Crippen LogP contribution in [0.2, 0.25) is 0 Å². The highest BCUT2D eigenvalue weighted by atomic mass is 16.5. The lowest BCUT2D eigenvalue weighted by Gasteiger charge is -2.33. The minimum atomic E-state index is -0.225. The Hall–Kier alpha value is -1.55. The quantitative estimate of drug-likeness (QED) is 0.754. The fraction of sp³-hybridized carbons (Fsp3) is 0.533. The van der Waals surface area contributed by atoms with Crippen LogP contribution in [0.4, 0.5) is 10.5 Å². The van der Waals surface area contributed by atoms with E-state index in [0.717, 1.165) is 25.2 Å². The number of anilines is 1. The summed E-state index contributed by atoms with van der Waals surface area (Å²) in [5, 5.41) is 0. The van der Waals surface area contributed by atoms with Crippen LogP contribution in [0.3, 0.4) is 0 Å². The van der Waals surface area contributed by atoms with E-state index in [1.165, 1.54) is 18.2 Å². The molecule has 0 aliphatic carbocycles. The number of carbonyl (C=O) groups excluding carboxylic acids is 1. The normalized spacial score (nSPS) is 28.8. The van der Waals surface area contributed by atoms with Crippen LogP contribution in [0.5, 0.6) is 0 Å². The van der Waals surface area contributed by atoms with E-state index in [-0.39, 0.29) is 12.1 Å². The Balaban J connectivity index is 2.06. The topological polar surface area (TPSA) is 34.0 Å². The van der Waals surface area contributed by atoms with Crippen molar-refractivity contribution in [3.8, 4) is 0 Å². The monoisotopic (exact) mass is 261 g/mol. The molecule has 102 valence electrons. The summed E-state index contributed by atoms with van der Waals surface area (Å²) < 4.78 is 4.98. The largest absolute Gasteiger partial charge is 0.452 e. The SMILES string of the molecule is COC(=O)N1c2ccc(C)cc2[C@@H]2C[NH+](C)CC[C@@H]21. The van der Waals surface area contributed by atoms with Gasteiger partial charge in [-0.05, 0) is 18.6 Å². The maximum absolute atomic E-state index is 12.1. The van der Waals surface area contributed by atoms with E-state index in [4.69, 9.17) is 4.74 Å². The third-order valence-corrected chi connectivity index (χ3v) is 4.44. The Morgan fingerprint density at radius 2 is 2.26 bits per heavy atom. The molecule has 0 saturated carbocycles. The summed E-state index contributed by atoms with van der Waals surface area (Å²) in [5.74, 6) is 0.447. The van der Waals surface area contributed by atoms with Gasteiger partial charge in [-0.1, -0.05) is 17.7 Å². The van der Waals surface area contributed by atoms with E-state index in [1.54, 1.807) is 4.90 Å². The van der Waals surface area contributed by atoms with Crippen molar-refractivity contribution in [3.63, 3.8) is 0 Å². The highest BCUT2D eigenvalue weighted by Gasteiger charge is 2.46. The molecular formula is C15H21N2O2+. The maximum atomic E-state index is 12.1. The number of rotatable bonds is 0. The summed E-state index contributed by atoms with van der Waals surface area (Å²) in [5.41, 5.74) is 3.61. The van der Waals surface area contributed by atoms with E-state index < -0.39 is 0 Å². The third-order valence-electron chi connectivity index (χ3n) is 4.44. The summed E-state index contributed by atoms with van der Waals surface area (Å²) in [7, 11) is 3.69. The van der Waals surface area contributed by atoms with Crippen LogP contribution in [0.25, 0.3) is 0 Å². The number of amides is 1. The van der Waals surface area contributed by atoms with E-state index in [9.17, 15) is 4.79 Å². The first-order valence-corrected chi connectivity index (χ1v) is 6.91. The molecule has 1 saturated heterocycles. The summed E-state index contributed by atoms with van der Waals surface area (Å²) in [6.45, 7) is 4.31. The standard InChI is InChI=1S/C15H20N2O2/c1-10-4-5-13-11(8-10)12-9-16(2)7-6-14(12)17(13)15(18)19-3/h4-5,8,12,14H,6-7,9H2,1-3H3/p+1/t12-,14-/m0/s1. The lowest BCUT2D eigenvalue weighted by Crippen LogP contribution is -3.11. The van der Waals surface area contributed by atoms with Gasteiger partial charge in [0.05, 0.1) is 44.9 Å². The summed E-state index contributed by atoms with van der Waals surface area (Å²) >= 11 is 0. The number of likely N-dealkylation sites (N-methyl/N-ethyl adjacent to an activating group) is 1. The summed E-state index contributed by atoms with van der Waals surface area (Å²) in [6, 6.07) is 6.64. The van der Waals surface area contributed by atoms with Gasteiger partial charge in [0.1, 0.15) is 0 Å². The van der Waals surface area contributed by atoms with Gasteiger partial charge in [-0.15, -0.1) is 0 Å². The number of carbonyl (C=O) groups is 1. The van der Waals surface area contributed by atoms with Crippen LogP contribution in [0.1, 0.15) is 23.5 Å². The molecule has 2 aliphatic rings. The molecule has 0 spiro atoms. The van der Waals surface area contributed by atoms with Crippen LogP contribution in [-0.4, -0.2) is 39.4 Å². The lowest BCUT2D eigenvalue weighted by atomic mass is 9.89. The second kappa shape index (κ2) is 4.53. The van der Waals surface area contributed by atoms with Crippen molar-refractivity contribution in [1.29, 1.82) is 0 Å². The molecule has 1 amide bonds. The molecule has 0 aromatic heterocycles. The number of aryl methyl sites for hydroxylation is 1. The molecule has 1 unspecified atom stereocenters. The van der Waals surface area contributed by atoms with Crippen molar-refractivity contribution >= 4 is 11.8 Å². The molecule has 1 fully saturated rings. The molecule has 2 heterocycles. The second-order valence-corrected chi connectivity index (χ2v) is 5.78. The average molecular weight is 261 g/mol. The number of fused-ring (bicyclic) bond motifs is 3. The van der Waals surface area contributed by atoms with Crippen LogP contribution < -0.4 is 9.80 Å². The van der Waals surface area contributed by atoms with Gasteiger partial charge in [0, 0.05) is 6.42 Å². The fourth-order valence-corrected chi connectivity index (χ4v) is 3.54. The van der Waals surface area contributed by atoms with Gasteiger partial charge in [-0.25, -0.2) is 4.79 Å². The van der Waals surface area contributed by atoms with Gasteiger partial charge in [0.15, 0.2) is 0 Å². The number of methoxy groups -OCH3 is 1. The predicted molar refractivity (Wildman–Crippen MR) is 73.8 cm³/mol. The summed E-state index contributed by atoms with van der Waals surface area (Å²) in [4.78, 5) is 15.5. The number of hydrogen-bond donors (Lipinski definition) is 1. The molecule has 0 bridgehead atoms. The van der Waals surface area contributed by atoms with Gasteiger partial charge in [-0.2, -0.15) is 0 Å². The molecule has 1 aromatic rings. The molecule has 4 heteroatoms. The Morgan fingerprint density at radius 1 is 1.47 bits per heavy atom. The minimum Gasteiger partial charge on any atom is -0.452 e. The number of nitrogens with zero attached hydrogens (tertiary/aromatic N) is 1. The van der Waals surface area contributed by atoms with E-state index in [0.29, 0.717) is 5.92 Å². The zero-order valence-electron chi connectivity index (χ0n) is 11.8. The highest BCUT2D eigenvalue weighted by Crippen LogP contribution is 2.43. The van der Waals surface area contributed by atoms with Gasteiger partial charge < -0.3 is 9.64 Å². The zero-order chi connectivity index (χ0) is 13.6. The minimum absolute atomic E-state index is 0.225. The summed E-state index contributed by atoms with van der Waals surface area (Å²) in [6.07, 6.45) is 0.816. The first kappa shape index (κ1) is 12.5. The number of quaternary nitrogens is 1. The van der Waals surface area contributed by atoms with E-state index in [2.05, 4.69) is 32.2 Å². The van der Waals surface area contributed by atoms with Gasteiger partial charge in [0.25, 0.3) is 0 Å². The number of piperidine rings is 1. The van der Waals surface area contributed by atoms with E-state index >= 15 is 0 Å². The van der Waals surface area contributed by atoms with Gasteiger partial charge >= 0.3 is 6.09 Å². The van der Waals surface area contributed by atoms with Crippen LogP contribution in [-0.2, 0) is 4.74 Å². The first-order chi connectivity index (χ1) is 9.11. The number of benzene rings is 1. The Morgan fingerprint density at radius 3 is 3.00 bits per heavy atom. The molecule has 19 heavy (non-hydrogen) atoms. The van der Waals surface area contributed by atoms with Crippen molar-refractivity contribution in [2.24, 2.45) is 0 Å². The zero-order valence-corrected chi connectivity index (χ0v) is 11.8. The average Bonchev–Trinajstić information content (AvgIpc) is 2.71. The van der Waals surface area contributed by atoms with Crippen molar-refractivity contribution in [3.05, 3.63) is 29.3 Å². The van der Waals surface area contributed by atoms with Gasteiger partial charge in [-0.3, -0.25) is 4.90 Å². The van der Waals surface area contributed by atoms with Crippen LogP contribution >= 0.6 is 0 Å². The molecule has 1 aromatic carbocycles. The van der Waals surface area contributed by atoms with Gasteiger partial charge in [0.2, 0.25) is 0 Å². The van der Waals surface area contributed by atoms with Crippen molar-refractivity contribution in [1.82, 2.24) is 0 Å². The Kier molecular flexibility index (Phi) is 2.97. The maximum Gasteiger partial charge on any atom is 0.414 e. The lowest BCUT2D eigenvalue weighted by molar-refractivity contribution is -0.886. The number of hydrogen-bond acceptors (Lipinski definition) is 2. The second-order valence-electron chi connectivity index (χ2n) is 5.78. The Labute approximate surface area is 113 Å². The fourth-order valence-electron chi connectivity index (χ4n) is 3.54. The predicted octanol–water partition coefficient (Wildman–Crippen LogP) is 0.952. The Bertz CT molecular complexity index is 515. The van der Waals surface area contributed by atoms with Crippen molar-refractivity contribution < 1.29 is 14.4 Å². The first-order valence-electron chi connectivity index (χ1n) is 6.91. The molecule has 1 N–H and O–H groups in total. The highest BCUT2D eigenvalue weighted by molar-refractivity contribution is 5.92. The van der Waals surface area contributed by atoms with Crippen molar-refractivity contribution in [2.45, 2.75) is 25.3 Å².